The van der Waals surface area contributed by atoms with Crippen molar-refractivity contribution in [2.45, 2.75) is 18.2 Å². The molecule has 4 rings (SSSR count). The highest BCUT2D eigenvalue weighted by Crippen LogP contribution is 2.26. The molecule has 3 aromatic carbocycles. The van der Waals surface area contributed by atoms with Gasteiger partial charge in [-0.2, -0.15) is 0 Å². The highest BCUT2D eigenvalue weighted by molar-refractivity contribution is 8.15. The molecule has 0 radical (unpaired) electrons. The standard InChI is InChI=1S/C22H18FN3O2S/c23-16-10-8-14(9-11-16)13-24-22-26-21(28)19(29-22)12-20(27)25-18-7-3-5-15-4-1-2-6-17(15)18/h1-11,19H,12-13H2,(H,25,27)(H,24,26,28)/t19-/m1/s1. The summed E-state index contributed by atoms with van der Waals surface area (Å²) in [5.41, 5.74) is 1.56. The van der Waals surface area contributed by atoms with Gasteiger partial charge in [0.2, 0.25) is 11.8 Å². The van der Waals surface area contributed by atoms with Crippen molar-refractivity contribution in [2.24, 2.45) is 4.99 Å². The second kappa shape index (κ2) is 8.45. The number of rotatable bonds is 5. The Morgan fingerprint density at radius 2 is 1.83 bits per heavy atom. The van der Waals surface area contributed by atoms with Crippen LogP contribution in [0.1, 0.15) is 12.0 Å². The number of amidine groups is 1. The van der Waals surface area contributed by atoms with Crippen LogP contribution in [0.15, 0.2) is 71.7 Å². The lowest BCUT2D eigenvalue weighted by Crippen LogP contribution is -2.28. The Balaban J connectivity index is 1.37. The number of nitrogens with zero attached hydrogens (tertiary/aromatic N) is 1. The first-order chi connectivity index (χ1) is 14.1. The molecule has 0 aromatic heterocycles. The van der Waals surface area contributed by atoms with Gasteiger partial charge in [0.25, 0.3) is 0 Å². The van der Waals surface area contributed by atoms with Crippen molar-refractivity contribution in [1.82, 2.24) is 5.32 Å². The Kier molecular flexibility index (Phi) is 5.57. The molecule has 1 aliphatic heterocycles. The van der Waals surface area contributed by atoms with E-state index in [0.717, 1.165) is 22.0 Å². The summed E-state index contributed by atoms with van der Waals surface area (Å²) in [5.74, 6) is -0.767. The molecular weight excluding hydrogens is 389 g/mol. The molecule has 0 saturated carbocycles. The van der Waals surface area contributed by atoms with Crippen molar-refractivity contribution in [1.29, 1.82) is 0 Å². The molecule has 1 heterocycles. The zero-order valence-electron chi connectivity index (χ0n) is 15.4. The second-order valence-electron chi connectivity index (χ2n) is 6.62. The van der Waals surface area contributed by atoms with Crippen molar-refractivity contribution in [3.63, 3.8) is 0 Å². The minimum atomic E-state index is -0.531. The maximum absolute atomic E-state index is 13.0. The number of anilines is 1. The molecule has 2 amide bonds. The van der Waals surface area contributed by atoms with Crippen LogP contribution in [-0.4, -0.2) is 22.2 Å². The number of benzene rings is 3. The molecule has 5 nitrogen and oxygen atoms in total. The van der Waals surface area contributed by atoms with Gasteiger partial charge in [0, 0.05) is 17.5 Å². The predicted molar refractivity (Wildman–Crippen MR) is 114 cm³/mol. The SMILES string of the molecule is O=C(C[C@H]1SC(=NCc2ccc(F)cc2)NC1=O)Nc1cccc2ccccc12. The lowest BCUT2D eigenvalue weighted by Gasteiger charge is -2.10. The van der Waals surface area contributed by atoms with Crippen LogP contribution in [0.5, 0.6) is 0 Å². The maximum Gasteiger partial charge on any atom is 0.240 e. The van der Waals surface area contributed by atoms with Crippen LogP contribution in [0.25, 0.3) is 10.8 Å². The minimum Gasteiger partial charge on any atom is -0.325 e. The van der Waals surface area contributed by atoms with E-state index in [9.17, 15) is 14.0 Å². The Labute approximate surface area is 171 Å². The normalized spacial score (nSPS) is 17.5. The molecule has 0 unspecified atom stereocenters. The highest BCUT2D eigenvalue weighted by atomic mass is 32.2. The second-order valence-corrected chi connectivity index (χ2v) is 7.81. The topological polar surface area (TPSA) is 70.6 Å². The number of nitrogens with one attached hydrogen (secondary N) is 2. The first-order valence-corrected chi connectivity index (χ1v) is 10.0. The molecule has 0 bridgehead atoms. The molecule has 0 aliphatic carbocycles. The van der Waals surface area contributed by atoms with Crippen LogP contribution < -0.4 is 10.6 Å². The van der Waals surface area contributed by atoms with Gasteiger partial charge >= 0.3 is 0 Å². The van der Waals surface area contributed by atoms with Gasteiger partial charge in [-0.3, -0.25) is 14.6 Å². The third-order valence-electron chi connectivity index (χ3n) is 4.53. The zero-order chi connectivity index (χ0) is 20.2. The van der Waals surface area contributed by atoms with Crippen molar-refractivity contribution < 1.29 is 14.0 Å². The summed E-state index contributed by atoms with van der Waals surface area (Å²) in [6.45, 7) is 0.331. The summed E-state index contributed by atoms with van der Waals surface area (Å²) in [6, 6.07) is 19.5. The van der Waals surface area contributed by atoms with Crippen LogP contribution in [0, 0.1) is 5.82 Å². The van der Waals surface area contributed by atoms with E-state index in [0.29, 0.717) is 11.7 Å². The Morgan fingerprint density at radius 1 is 1.07 bits per heavy atom. The fourth-order valence-corrected chi connectivity index (χ4v) is 4.04. The van der Waals surface area contributed by atoms with Gasteiger partial charge in [-0.25, -0.2) is 4.39 Å². The Hall–Kier alpha value is -3.19. The van der Waals surface area contributed by atoms with Crippen molar-refractivity contribution in [2.75, 3.05) is 5.32 Å². The predicted octanol–water partition coefficient (Wildman–Crippen LogP) is 4.10. The monoisotopic (exact) mass is 407 g/mol. The number of amides is 2. The number of aliphatic imine (C=N–C) groups is 1. The van der Waals surface area contributed by atoms with Crippen LogP contribution in [0.4, 0.5) is 10.1 Å². The number of carbonyl (C=O) groups is 2. The first-order valence-electron chi connectivity index (χ1n) is 9.12. The molecule has 3 aromatic rings. The average Bonchev–Trinajstić information content (AvgIpc) is 3.07. The van der Waals surface area contributed by atoms with E-state index in [2.05, 4.69) is 15.6 Å². The van der Waals surface area contributed by atoms with Gasteiger partial charge in [-0.1, -0.05) is 60.3 Å². The lowest BCUT2D eigenvalue weighted by molar-refractivity contribution is -0.122. The fourth-order valence-electron chi connectivity index (χ4n) is 3.07. The smallest absolute Gasteiger partial charge is 0.240 e. The zero-order valence-corrected chi connectivity index (χ0v) is 16.2. The van der Waals surface area contributed by atoms with E-state index < -0.39 is 5.25 Å². The van der Waals surface area contributed by atoms with Crippen LogP contribution in [-0.2, 0) is 16.1 Å². The van der Waals surface area contributed by atoms with Gasteiger partial charge in [0.1, 0.15) is 11.1 Å². The quantitative estimate of drug-likeness (QED) is 0.669. The van der Waals surface area contributed by atoms with Crippen molar-refractivity contribution >= 4 is 45.2 Å². The molecule has 1 fully saturated rings. The van der Waals surface area contributed by atoms with E-state index in [1.54, 1.807) is 12.1 Å². The number of fused-ring (bicyclic) bond motifs is 1. The number of hydrogen-bond donors (Lipinski definition) is 2. The summed E-state index contributed by atoms with van der Waals surface area (Å²) in [7, 11) is 0. The third-order valence-corrected chi connectivity index (χ3v) is 5.65. The molecule has 1 atom stereocenters. The average molecular weight is 407 g/mol. The van der Waals surface area contributed by atoms with E-state index in [4.69, 9.17) is 0 Å². The molecule has 7 heteroatoms. The molecule has 29 heavy (non-hydrogen) atoms. The molecule has 2 N–H and O–H groups in total. The van der Waals surface area contributed by atoms with Gasteiger partial charge < -0.3 is 10.6 Å². The van der Waals surface area contributed by atoms with Crippen LogP contribution in [0.2, 0.25) is 0 Å². The van der Waals surface area contributed by atoms with Crippen LogP contribution >= 0.6 is 11.8 Å². The molecule has 1 aliphatic rings. The van der Waals surface area contributed by atoms with Gasteiger partial charge in [-0.05, 0) is 29.1 Å². The summed E-state index contributed by atoms with van der Waals surface area (Å²) in [5, 5.41) is 7.54. The van der Waals surface area contributed by atoms with Crippen molar-refractivity contribution in [3.05, 3.63) is 78.1 Å². The van der Waals surface area contributed by atoms with Crippen LogP contribution in [0.3, 0.4) is 0 Å². The molecule has 1 saturated heterocycles. The largest absolute Gasteiger partial charge is 0.325 e. The van der Waals surface area contributed by atoms with E-state index >= 15 is 0 Å². The Morgan fingerprint density at radius 3 is 2.66 bits per heavy atom. The van der Waals surface area contributed by atoms with E-state index in [1.807, 2.05) is 42.5 Å². The first kappa shape index (κ1) is 19.1. The van der Waals surface area contributed by atoms with E-state index in [1.165, 1.54) is 23.9 Å². The lowest BCUT2D eigenvalue weighted by atomic mass is 10.1. The maximum atomic E-state index is 13.0. The van der Waals surface area contributed by atoms with Gasteiger partial charge in [0.05, 0.1) is 6.54 Å². The molecule has 0 spiro atoms. The number of thioether (sulfide) groups is 1. The van der Waals surface area contributed by atoms with Crippen molar-refractivity contribution in [3.8, 4) is 0 Å². The highest BCUT2D eigenvalue weighted by Gasteiger charge is 2.32. The Bertz CT molecular complexity index is 1090. The summed E-state index contributed by atoms with van der Waals surface area (Å²) in [6.07, 6.45) is 0.0509. The van der Waals surface area contributed by atoms with E-state index in [-0.39, 0.29) is 24.1 Å². The molecular formula is C22H18FN3O2S. The number of carbonyl (C=O) groups excluding carboxylic acids is 2. The minimum absolute atomic E-state index is 0.0509. The summed E-state index contributed by atoms with van der Waals surface area (Å²) in [4.78, 5) is 29.0. The van der Waals surface area contributed by atoms with Gasteiger partial charge in [-0.15, -0.1) is 0 Å². The molecule has 146 valence electrons. The van der Waals surface area contributed by atoms with Gasteiger partial charge in [0.15, 0.2) is 5.17 Å². The number of halogens is 1. The summed E-state index contributed by atoms with van der Waals surface area (Å²) < 4.78 is 13.0. The third kappa shape index (κ3) is 4.63. The number of hydrogen-bond acceptors (Lipinski definition) is 4. The fraction of sp³-hybridized carbons (Fsp3) is 0.136. The summed E-state index contributed by atoms with van der Waals surface area (Å²) >= 11 is 1.24.